The summed E-state index contributed by atoms with van der Waals surface area (Å²) in [5, 5.41) is 11.3. The monoisotopic (exact) mass is 232 g/mol. The zero-order valence-electron chi connectivity index (χ0n) is 10.1. The molecule has 0 saturated heterocycles. The van der Waals surface area contributed by atoms with E-state index in [0.29, 0.717) is 24.3 Å². The summed E-state index contributed by atoms with van der Waals surface area (Å²) in [7, 11) is 0. The second kappa shape index (κ2) is 6.54. The van der Waals surface area contributed by atoms with Crippen LogP contribution in [0.25, 0.3) is 0 Å². The third-order valence-electron chi connectivity index (χ3n) is 2.21. The SMILES string of the molecule is CCOc1ccccc1C(=O)NC(C)CC#N. The lowest BCUT2D eigenvalue weighted by molar-refractivity contribution is 0.0937. The van der Waals surface area contributed by atoms with E-state index in [4.69, 9.17) is 10.00 Å². The van der Waals surface area contributed by atoms with Crippen LogP contribution in [0.2, 0.25) is 0 Å². The normalized spacial score (nSPS) is 11.4. The van der Waals surface area contributed by atoms with Crippen molar-refractivity contribution in [1.82, 2.24) is 5.32 Å². The molecule has 0 fully saturated rings. The van der Waals surface area contributed by atoms with Gasteiger partial charge in [-0.15, -0.1) is 0 Å². The van der Waals surface area contributed by atoms with Crippen LogP contribution < -0.4 is 10.1 Å². The minimum Gasteiger partial charge on any atom is -0.493 e. The summed E-state index contributed by atoms with van der Waals surface area (Å²) in [5.41, 5.74) is 0.499. The van der Waals surface area contributed by atoms with E-state index in [2.05, 4.69) is 5.32 Å². The predicted molar refractivity (Wildman–Crippen MR) is 64.8 cm³/mol. The average molecular weight is 232 g/mol. The molecule has 1 N–H and O–H groups in total. The predicted octanol–water partition coefficient (Wildman–Crippen LogP) is 2.12. The molecule has 90 valence electrons. The first-order valence-corrected chi connectivity index (χ1v) is 5.58. The zero-order valence-corrected chi connectivity index (χ0v) is 10.1. The number of para-hydroxylation sites is 1. The quantitative estimate of drug-likeness (QED) is 0.845. The summed E-state index contributed by atoms with van der Waals surface area (Å²) >= 11 is 0. The molecule has 0 saturated carbocycles. The number of hydrogen-bond donors (Lipinski definition) is 1. The minimum absolute atomic E-state index is 0.165. The van der Waals surface area contributed by atoms with Crippen LogP contribution in [0.1, 0.15) is 30.6 Å². The largest absolute Gasteiger partial charge is 0.493 e. The number of amides is 1. The fourth-order valence-electron chi connectivity index (χ4n) is 1.43. The first-order valence-electron chi connectivity index (χ1n) is 5.58. The van der Waals surface area contributed by atoms with E-state index < -0.39 is 0 Å². The van der Waals surface area contributed by atoms with Gasteiger partial charge in [-0.3, -0.25) is 4.79 Å². The van der Waals surface area contributed by atoms with Crippen molar-refractivity contribution in [2.75, 3.05) is 6.61 Å². The number of rotatable bonds is 5. The third-order valence-corrected chi connectivity index (χ3v) is 2.21. The van der Waals surface area contributed by atoms with Crippen molar-refractivity contribution in [3.8, 4) is 11.8 Å². The Bertz CT molecular complexity index is 424. The molecule has 1 aromatic carbocycles. The highest BCUT2D eigenvalue weighted by Crippen LogP contribution is 2.17. The molecule has 0 spiro atoms. The number of nitrogens with one attached hydrogen (secondary N) is 1. The van der Waals surface area contributed by atoms with Crippen LogP contribution in [0.4, 0.5) is 0 Å². The molecule has 0 aliphatic heterocycles. The molecular weight excluding hydrogens is 216 g/mol. The Morgan fingerprint density at radius 2 is 2.24 bits per heavy atom. The van der Waals surface area contributed by atoms with Gasteiger partial charge in [-0.2, -0.15) is 5.26 Å². The molecule has 0 bridgehead atoms. The van der Waals surface area contributed by atoms with Crippen LogP contribution in [-0.2, 0) is 0 Å². The van der Waals surface area contributed by atoms with Crippen LogP contribution in [0.5, 0.6) is 5.75 Å². The first kappa shape index (κ1) is 13.0. The standard InChI is InChI=1S/C13H16N2O2/c1-3-17-12-7-5-4-6-11(12)13(16)15-10(2)8-9-14/h4-7,10H,3,8H2,1-2H3,(H,15,16). The van der Waals surface area contributed by atoms with Gasteiger partial charge in [-0.05, 0) is 26.0 Å². The Morgan fingerprint density at radius 1 is 1.53 bits per heavy atom. The van der Waals surface area contributed by atoms with Gasteiger partial charge in [0.2, 0.25) is 0 Å². The number of carbonyl (C=O) groups excluding carboxylic acids is 1. The summed E-state index contributed by atoms with van der Waals surface area (Å²) in [6.07, 6.45) is 0.294. The fourth-order valence-corrected chi connectivity index (χ4v) is 1.43. The number of benzene rings is 1. The Kier molecular flexibility index (Phi) is 5.02. The van der Waals surface area contributed by atoms with Gasteiger partial charge in [0.1, 0.15) is 5.75 Å². The molecule has 0 aliphatic rings. The van der Waals surface area contributed by atoms with Crippen molar-refractivity contribution in [3.05, 3.63) is 29.8 Å². The lowest BCUT2D eigenvalue weighted by Gasteiger charge is -2.13. The molecule has 0 heterocycles. The van der Waals surface area contributed by atoms with Crippen LogP contribution in [0.15, 0.2) is 24.3 Å². The summed E-state index contributed by atoms with van der Waals surface area (Å²) in [4.78, 5) is 11.9. The van der Waals surface area contributed by atoms with Crippen molar-refractivity contribution in [3.63, 3.8) is 0 Å². The van der Waals surface area contributed by atoms with Crippen molar-refractivity contribution in [2.45, 2.75) is 26.3 Å². The van der Waals surface area contributed by atoms with Crippen molar-refractivity contribution < 1.29 is 9.53 Å². The topological polar surface area (TPSA) is 62.1 Å². The molecule has 0 aromatic heterocycles. The molecule has 4 nitrogen and oxygen atoms in total. The number of ether oxygens (including phenoxy) is 1. The second-order valence-corrected chi connectivity index (χ2v) is 3.67. The maximum absolute atomic E-state index is 11.9. The van der Waals surface area contributed by atoms with Gasteiger partial charge >= 0.3 is 0 Å². The van der Waals surface area contributed by atoms with Crippen LogP contribution in [-0.4, -0.2) is 18.6 Å². The van der Waals surface area contributed by atoms with E-state index in [-0.39, 0.29) is 11.9 Å². The summed E-state index contributed by atoms with van der Waals surface area (Å²) in [5.74, 6) is 0.355. The van der Waals surface area contributed by atoms with Gasteiger partial charge in [0, 0.05) is 6.04 Å². The maximum atomic E-state index is 11.9. The summed E-state index contributed by atoms with van der Waals surface area (Å²) in [6, 6.07) is 8.92. The molecular formula is C13H16N2O2. The number of hydrogen-bond acceptors (Lipinski definition) is 3. The zero-order chi connectivity index (χ0) is 12.7. The van der Waals surface area contributed by atoms with Gasteiger partial charge in [0.15, 0.2) is 0 Å². The molecule has 4 heteroatoms. The van der Waals surface area contributed by atoms with E-state index in [1.807, 2.05) is 19.1 Å². The van der Waals surface area contributed by atoms with Crippen molar-refractivity contribution in [2.24, 2.45) is 0 Å². The molecule has 17 heavy (non-hydrogen) atoms. The van der Waals surface area contributed by atoms with E-state index in [1.165, 1.54) is 0 Å². The Labute approximate surface area is 101 Å². The molecule has 1 atom stereocenters. The van der Waals surface area contributed by atoms with Gasteiger partial charge in [-0.25, -0.2) is 0 Å². The van der Waals surface area contributed by atoms with Crippen LogP contribution >= 0.6 is 0 Å². The fraction of sp³-hybridized carbons (Fsp3) is 0.385. The number of nitriles is 1. The van der Waals surface area contributed by atoms with Gasteiger partial charge < -0.3 is 10.1 Å². The Morgan fingerprint density at radius 3 is 2.88 bits per heavy atom. The number of carbonyl (C=O) groups is 1. The number of nitrogens with zero attached hydrogens (tertiary/aromatic N) is 1. The van der Waals surface area contributed by atoms with Gasteiger partial charge in [0.25, 0.3) is 5.91 Å². The van der Waals surface area contributed by atoms with Crippen LogP contribution in [0, 0.1) is 11.3 Å². The highest BCUT2D eigenvalue weighted by Gasteiger charge is 2.13. The van der Waals surface area contributed by atoms with Crippen LogP contribution in [0.3, 0.4) is 0 Å². The highest BCUT2D eigenvalue weighted by atomic mass is 16.5. The van der Waals surface area contributed by atoms with E-state index in [1.54, 1.807) is 25.1 Å². The summed E-state index contributed by atoms with van der Waals surface area (Å²) < 4.78 is 5.37. The molecule has 1 aromatic rings. The first-order chi connectivity index (χ1) is 8.19. The van der Waals surface area contributed by atoms with E-state index >= 15 is 0 Å². The second-order valence-electron chi connectivity index (χ2n) is 3.67. The maximum Gasteiger partial charge on any atom is 0.255 e. The molecule has 1 unspecified atom stereocenters. The molecule has 1 amide bonds. The molecule has 0 radical (unpaired) electrons. The Hall–Kier alpha value is -2.02. The summed E-state index contributed by atoms with van der Waals surface area (Å²) in [6.45, 7) is 4.18. The Balaban J connectivity index is 2.78. The lowest BCUT2D eigenvalue weighted by Crippen LogP contribution is -2.32. The molecule has 0 aliphatic carbocycles. The van der Waals surface area contributed by atoms with Crippen molar-refractivity contribution >= 4 is 5.91 Å². The van der Waals surface area contributed by atoms with Gasteiger partial charge in [0.05, 0.1) is 24.7 Å². The third kappa shape index (κ3) is 3.80. The smallest absolute Gasteiger partial charge is 0.255 e. The minimum atomic E-state index is -0.211. The van der Waals surface area contributed by atoms with E-state index in [9.17, 15) is 4.79 Å². The average Bonchev–Trinajstić information content (AvgIpc) is 2.30. The lowest BCUT2D eigenvalue weighted by atomic mass is 10.1. The van der Waals surface area contributed by atoms with Gasteiger partial charge in [-0.1, -0.05) is 12.1 Å². The van der Waals surface area contributed by atoms with E-state index in [0.717, 1.165) is 0 Å². The molecule has 1 rings (SSSR count). The highest BCUT2D eigenvalue weighted by molar-refractivity contribution is 5.97. The van der Waals surface area contributed by atoms with Crippen molar-refractivity contribution in [1.29, 1.82) is 5.26 Å².